The Morgan fingerprint density at radius 3 is 2.48 bits per heavy atom. The summed E-state index contributed by atoms with van der Waals surface area (Å²) in [7, 11) is 3.43. The molecule has 0 spiro atoms. The SMILES string of the molecule is C=CCNC(=NCC(=O)N(C)C)NC1CCN(CC(=O)NCCC)CC1.I. The number of likely N-dealkylation sites (N-methyl/N-ethyl adjacent to an activating group) is 1. The Hall–Kier alpha value is -1.36. The van der Waals surface area contributed by atoms with Crippen LogP contribution in [0, 0.1) is 0 Å². The van der Waals surface area contributed by atoms with E-state index in [0.717, 1.165) is 38.9 Å². The molecule has 156 valence electrons. The third kappa shape index (κ3) is 11.2. The van der Waals surface area contributed by atoms with Crippen molar-refractivity contribution in [1.82, 2.24) is 25.8 Å². The molecule has 0 atom stereocenters. The highest BCUT2D eigenvalue weighted by Gasteiger charge is 2.21. The van der Waals surface area contributed by atoms with Crippen LogP contribution in [0.4, 0.5) is 0 Å². The first-order valence-corrected chi connectivity index (χ1v) is 9.31. The lowest BCUT2D eigenvalue weighted by Crippen LogP contribution is -2.50. The molecular formula is C18H35IN6O2. The first-order chi connectivity index (χ1) is 12.5. The van der Waals surface area contributed by atoms with Crippen molar-refractivity contribution in [1.29, 1.82) is 0 Å². The van der Waals surface area contributed by atoms with Crippen molar-refractivity contribution in [2.75, 3.05) is 53.4 Å². The summed E-state index contributed by atoms with van der Waals surface area (Å²) in [5.74, 6) is 0.673. The topological polar surface area (TPSA) is 89.1 Å². The number of guanidine groups is 1. The monoisotopic (exact) mass is 494 g/mol. The maximum atomic E-state index is 11.8. The lowest BCUT2D eigenvalue weighted by molar-refractivity contribution is -0.127. The Kier molecular flexibility index (Phi) is 13.9. The van der Waals surface area contributed by atoms with E-state index in [1.165, 1.54) is 4.90 Å². The number of nitrogens with one attached hydrogen (secondary N) is 3. The lowest BCUT2D eigenvalue weighted by atomic mass is 10.1. The van der Waals surface area contributed by atoms with Gasteiger partial charge in [-0.1, -0.05) is 13.0 Å². The molecule has 1 aliphatic heterocycles. The number of piperidine rings is 1. The maximum absolute atomic E-state index is 11.8. The lowest BCUT2D eigenvalue weighted by Gasteiger charge is -2.32. The Morgan fingerprint density at radius 1 is 1.26 bits per heavy atom. The number of nitrogens with zero attached hydrogens (tertiary/aromatic N) is 3. The first kappa shape index (κ1) is 25.6. The van der Waals surface area contributed by atoms with E-state index in [4.69, 9.17) is 0 Å². The molecule has 1 heterocycles. The van der Waals surface area contributed by atoms with Crippen molar-refractivity contribution in [3.8, 4) is 0 Å². The zero-order chi connectivity index (χ0) is 19.4. The minimum absolute atomic E-state index is 0. The van der Waals surface area contributed by atoms with Gasteiger partial charge in [-0.25, -0.2) is 4.99 Å². The highest BCUT2D eigenvalue weighted by Crippen LogP contribution is 2.09. The van der Waals surface area contributed by atoms with Crippen LogP contribution in [0.5, 0.6) is 0 Å². The normalized spacial score (nSPS) is 15.4. The third-order valence-electron chi connectivity index (χ3n) is 4.15. The van der Waals surface area contributed by atoms with E-state index in [2.05, 4.69) is 32.4 Å². The second-order valence-electron chi connectivity index (χ2n) is 6.67. The van der Waals surface area contributed by atoms with Gasteiger partial charge in [0.1, 0.15) is 6.54 Å². The molecule has 0 radical (unpaired) electrons. The van der Waals surface area contributed by atoms with Crippen LogP contribution in [-0.2, 0) is 9.59 Å². The summed E-state index contributed by atoms with van der Waals surface area (Å²) in [5.41, 5.74) is 0. The van der Waals surface area contributed by atoms with Crippen LogP contribution < -0.4 is 16.0 Å². The van der Waals surface area contributed by atoms with Crippen LogP contribution in [0.1, 0.15) is 26.2 Å². The van der Waals surface area contributed by atoms with E-state index in [1.54, 1.807) is 20.2 Å². The molecule has 0 aromatic heterocycles. The fourth-order valence-electron chi connectivity index (χ4n) is 2.56. The number of carbonyl (C=O) groups is 2. The number of hydrogen-bond acceptors (Lipinski definition) is 4. The predicted octanol–water partition coefficient (Wildman–Crippen LogP) is 0.404. The molecular weight excluding hydrogens is 459 g/mol. The van der Waals surface area contributed by atoms with Crippen LogP contribution in [0.25, 0.3) is 0 Å². The van der Waals surface area contributed by atoms with Crippen molar-refractivity contribution in [2.45, 2.75) is 32.2 Å². The highest BCUT2D eigenvalue weighted by atomic mass is 127. The van der Waals surface area contributed by atoms with Gasteiger partial charge in [-0.3, -0.25) is 14.5 Å². The van der Waals surface area contributed by atoms with Crippen LogP contribution in [-0.4, -0.2) is 87.0 Å². The summed E-state index contributed by atoms with van der Waals surface area (Å²) in [6.45, 7) is 9.35. The highest BCUT2D eigenvalue weighted by molar-refractivity contribution is 14.0. The fraction of sp³-hybridized carbons (Fsp3) is 0.722. The molecule has 1 saturated heterocycles. The van der Waals surface area contributed by atoms with Gasteiger partial charge in [0, 0.05) is 46.3 Å². The molecule has 0 aromatic carbocycles. The molecule has 1 fully saturated rings. The zero-order valence-electron chi connectivity index (χ0n) is 16.8. The summed E-state index contributed by atoms with van der Waals surface area (Å²) in [4.78, 5) is 31.6. The minimum Gasteiger partial charge on any atom is -0.355 e. The Morgan fingerprint density at radius 2 is 1.93 bits per heavy atom. The van der Waals surface area contributed by atoms with Gasteiger partial charge in [-0.15, -0.1) is 30.6 Å². The second-order valence-corrected chi connectivity index (χ2v) is 6.67. The molecule has 9 heteroatoms. The van der Waals surface area contributed by atoms with E-state index in [9.17, 15) is 9.59 Å². The molecule has 0 unspecified atom stereocenters. The van der Waals surface area contributed by atoms with Crippen LogP contribution in [0.2, 0.25) is 0 Å². The molecule has 1 aliphatic rings. The van der Waals surface area contributed by atoms with E-state index < -0.39 is 0 Å². The second kappa shape index (κ2) is 14.7. The summed E-state index contributed by atoms with van der Waals surface area (Å²) < 4.78 is 0. The molecule has 1 rings (SSSR count). The molecule has 0 bridgehead atoms. The summed E-state index contributed by atoms with van der Waals surface area (Å²) >= 11 is 0. The number of likely N-dealkylation sites (tertiary alicyclic amines) is 1. The maximum Gasteiger partial charge on any atom is 0.243 e. The summed E-state index contributed by atoms with van der Waals surface area (Å²) in [6.07, 6.45) is 4.56. The summed E-state index contributed by atoms with van der Waals surface area (Å²) in [5, 5.41) is 9.45. The Bertz CT molecular complexity index is 490. The first-order valence-electron chi connectivity index (χ1n) is 9.31. The largest absolute Gasteiger partial charge is 0.355 e. The van der Waals surface area contributed by atoms with Crippen molar-refractivity contribution in [3.05, 3.63) is 12.7 Å². The third-order valence-corrected chi connectivity index (χ3v) is 4.15. The standard InChI is InChI=1S/C18H34N6O2.HI/c1-5-9-19-16(25)14-24-11-7-15(8-12-24)22-18(20-10-6-2)21-13-17(26)23(3)4;/h6,15H,2,5,7-14H2,1,3-4H3,(H,19,25)(H2,20,21,22);1H. The minimum atomic E-state index is -0.0439. The molecule has 2 amide bonds. The average Bonchev–Trinajstić information content (AvgIpc) is 2.63. The number of aliphatic imine (C=N–C) groups is 1. The molecule has 0 saturated carbocycles. The van der Waals surface area contributed by atoms with Crippen molar-refractivity contribution in [2.24, 2.45) is 4.99 Å². The van der Waals surface area contributed by atoms with Gasteiger partial charge in [0.05, 0.1) is 6.54 Å². The number of carbonyl (C=O) groups excluding carboxylic acids is 2. The molecule has 0 aromatic rings. The zero-order valence-corrected chi connectivity index (χ0v) is 19.1. The van der Waals surface area contributed by atoms with Crippen molar-refractivity contribution in [3.63, 3.8) is 0 Å². The van der Waals surface area contributed by atoms with E-state index in [1.807, 2.05) is 6.92 Å². The van der Waals surface area contributed by atoms with Gasteiger partial charge < -0.3 is 20.9 Å². The predicted molar refractivity (Wildman–Crippen MR) is 121 cm³/mol. The number of amides is 2. The smallest absolute Gasteiger partial charge is 0.243 e. The molecule has 8 nitrogen and oxygen atoms in total. The average molecular weight is 494 g/mol. The van der Waals surface area contributed by atoms with E-state index >= 15 is 0 Å². The van der Waals surface area contributed by atoms with E-state index in [-0.39, 0.29) is 48.4 Å². The van der Waals surface area contributed by atoms with Crippen LogP contribution in [0.15, 0.2) is 17.6 Å². The number of halogens is 1. The Labute approximate surface area is 180 Å². The quantitative estimate of drug-likeness (QED) is 0.187. The molecule has 27 heavy (non-hydrogen) atoms. The molecule has 3 N–H and O–H groups in total. The van der Waals surface area contributed by atoms with Gasteiger partial charge in [0.15, 0.2) is 5.96 Å². The van der Waals surface area contributed by atoms with Crippen molar-refractivity contribution >= 4 is 41.8 Å². The van der Waals surface area contributed by atoms with Gasteiger partial charge in [0.25, 0.3) is 0 Å². The van der Waals surface area contributed by atoms with Crippen LogP contribution in [0.3, 0.4) is 0 Å². The van der Waals surface area contributed by atoms with Gasteiger partial charge in [0.2, 0.25) is 11.8 Å². The van der Waals surface area contributed by atoms with Crippen LogP contribution >= 0.6 is 24.0 Å². The summed E-state index contributed by atoms with van der Waals surface area (Å²) in [6, 6.07) is 0.274. The van der Waals surface area contributed by atoms with Gasteiger partial charge in [-0.2, -0.15) is 0 Å². The van der Waals surface area contributed by atoms with Gasteiger partial charge >= 0.3 is 0 Å². The Balaban J connectivity index is 0.00000676. The van der Waals surface area contributed by atoms with E-state index in [0.29, 0.717) is 19.0 Å². The van der Waals surface area contributed by atoms with Gasteiger partial charge in [-0.05, 0) is 19.3 Å². The number of rotatable bonds is 9. The number of hydrogen-bond donors (Lipinski definition) is 3. The van der Waals surface area contributed by atoms with Crippen molar-refractivity contribution < 1.29 is 9.59 Å². The fourth-order valence-corrected chi connectivity index (χ4v) is 2.56. The molecule has 0 aliphatic carbocycles.